The fraction of sp³-hybridized carbons (Fsp3) is 0.450. The molecule has 2 heteroatoms. The van der Waals surface area contributed by atoms with E-state index in [0.29, 0.717) is 0 Å². The van der Waals surface area contributed by atoms with Crippen molar-refractivity contribution in [2.24, 2.45) is 0 Å². The zero-order valence-electron chi connectivity index (χ0n) is 13.4. The summed E-state index contributed by atoms with van der Waals surface area (Å²) in [6.07, 6.45) is 12.9. The quantitative estimate of drug-likeness (QED) is 0.836. The number of benzene rings is 1. The summed E-state index contributed by atoms with van der Waals surface area (Å²) in [6.45, 7) is 5.65. The number of rotatable bonds is 3. The maximum absolute atomic E-state index is 4.75. The van der Waals surface area contributed by atoms with Gasteiger partial charge in [-0.1, -0.05) is 12.2 Å². The van der Waals surface area contributed by atoms with Gasteiger partial charge < -0.3 is 0 Å². The van der Waals surface area contributed by atoms with Crippen LogP contribution in [0.1, 0.15) is 48.4 Å². The first-order chi connectivity index (χ1) is 10.8. The Labute approximate surface area is 132 Å². The lowest BCUT2D eigenvalue weighted by Gasteiger charge is -2.18. The van der Waals surface area contributed by atoms with E-state index in [4.69, 9.17) is 4.98 Å². The second-order valence-corrected chi connectivity index (χ2v) is 6.67. The summed E-state index contributed by atoms with van der Waals surface area (Å²) in [7, 11) is 0. The highest BCUT2D eigenvalue weighted by molar-refractivity contribution is 5.87. The minimum atomic E-state index is 1.06. The Bertz CT molecular complexity index is 724. The third-order valence-corrected chi connectivity index (χ3v) is 5.14. The van der Waals surface area contributed by atoms with Crippen molar-refractivity contribution in [2.75, 3.05) is 13.1 Å². The van der Waals surface area contributed by atoms with Crippen LogP contribution in [0.25, 0.3) is 17.0 Å². The molecule has 1 aromatic heterocycles. The fourth-order valence-corrected chi connectivity index (χ4v) is 4.01. The van der Waals surface area contributed by atoms with Crippen LogP contribution in [0.2, 0.25) is 0 Å². The summed E-state index contributed by atoms with van der Waals surface area (Å²) in [5, 5.41) is 1.38. The molecule has 0 bridgehead atoms. The topological polar surface area (TPSA) is 16.1 Å². The maximum Gasteiger partial charge on any atom is 0.0708 e. The molecule has 0 atom stereocenters. The van der Waals surface area contributed by atoms with Crippen LogP contribution in [-0.2, 0) is 19.4 Å². The van der Waals surface area contributed by atoms with Crippen molar-refractivity contribution < 1.29 is 0 Å². The lowest BCUT2D eigenvalue weighted by molar-refractivity contribution is 0.331. The van der Waals surface area contributed by atoms with Gasteiger partial charge in [-0.15, -0.1) is 0 Å². The molecule has 2 aliphatic rings. The van der Waals surface area contributed by atoms with E-state index in [-0.39, 0.29) is 0 Å². The van der Waals surface area contributed by atoms with Crippen molar-refractivity contribution in [2.45, 2.75) is 45.6 Å². The first-order valence-corrected chi connectivity index (χ1v) is 8.63. The Balaban J connectivity index is 1.81. The largest absolute Gasteiger partial charge is 0.299 e. The molecule has 0 radical (unpaired) electrons. The molecule has 2 heterocycles. The van der Waals surface area contributed by atoms with Crippen molar-refractivity contribution in [3.05, 3.63) is 46.7 Å². The standard InChI is InChI=1S/C20H24N2/c1-2-6-15-11-19-18-8-5-7-16(18)13-21-20(19)12-17(15)14-22-9-3-4-10-22/h2,6,11-13H,3-5,7-10,14H2,1H3/b6-2-. The van der Waals surface area contributed by atoms with Gasteiger partial charge in [0.05, 0.1) is 5.52 Å². The monoisotopic (exact) mass is 292 g/mol. The number of fused-ring (bicyclic) bond motifs is 3. The fourth-order valence-electron chi connectivity index (χ4n) is 4.01. The number of likely N-dealkylation sites (tertiary alicyclic amines) is 1. The van der Waals surface area contributed by atoms with Crippen LogP contribution >= 0.6 is 0 Å². The van der Waals surface area contributed by atoms with Gasteiger partial charge >= 0.3 is 0 Å². The van der Waals surface area contributed by atoms with Crippen molar-refractivity contribution in [3.8, 4) is 0 Å². The van der Waals surface area contributed by atoms with Crippen LogP contribution < -0.4 is 0 Å². The predicted octanol–water partition coefficient (Wildman–Crippen LogP) is 4.35. The van der Waals surface area contributed by atoms with E-state index >= 15 is 0 Å². The third kappa shape index (κ3) is 2.46. The highest BCUT2D eigenvalue weighted by Crippen LogP contribution is 2.31. The van der Waals surface area contributed by atoms with Crippen LogP contribution in [0.3, 0.4) is 0 Å². The summed E-state index contributed by atoms with van der Waals surface area (Å²) >= 11 is 0. The molecular formula is C20H24N2. The van der Waals surface area contributed by atoms with E-state index < -0.39 is 0 Å². The Morgan fingerprint density at radius 1 is 1.14 bits per heavy atom. The molecule has 0 unspecified atom stereocenters. The molecule has 0 amide bonds. The predicted molar refractivity (Wildman–Crippen MR) is 93.0 cm³/mol. The molecule has 1 aliphatic heterocycles. The highest BCUT2D eigenvalue weighted by Gasteiger charge is 2.18. The smallest absolute Gasteiger partial charge is 0.0708 e. The van der Waals surface area contributed by atoms with E-state index in [1.807, 2.05) is 0 Å². The normalized spacial score (nSPS) is 18.6. The molecule has 1 saturated heterocycles. The van der Waals surface area contributed by atoms with Crippen LogP contribution in [0.5, 0.6) is 0 Å². The molecule has 0 N–H and O–H groups in total. The average Bonchev–Trinajstić information content (AvgIpc) is 3.19. The SMILES string of the molecule is C/C=C\c1cc2c3c(cnc2cc1CN1CCCC1)CCC3. The van der Waals surface area contributed by atoms with Gasteiger partial charge in [0.15, 0.2) is 0 Å². The van der Waals surface area contributed by atoms with Gasteiger partial charge in [-0.05, 0) is 86.5 Å². The van der Waals surface area contributed by atoms with Gasteiger partial charge in [0.1, 0.15) is 0 Å². The average molecular weight is 292 g/mol. The van der Waals surface area contributed by atoms with Crippen LogP contribution in [0, 0.1) is 0 Å². The second-order valence-electron chi connectivity index (χ2n) is 6.67. The third-order valence-electron chi connectivity index (χ3n) is 5.14. The molecule has 0 spiro atoms. The summed E-state index contributed by atoms with van der Waals surface area (Å²) in [5.41, 5.74) is 7.00. The van der Waals surface area contributed by atoms with Gasteiger partial charge in [-0.2, -0.15) is 0 Å². The summed E-state index contributed by atoms with van der Waals surface area (Å²) in [4.78, 5) is 7.32. The van der Waals surface area contributed by atoms with Crippen LogP contribution in [0.15, 0.2) is 24.4 Å². The Morgan fingerprint density at radius 2 is 2.00 bits per heavy atom. The molecule has 22 heavy (non-hydrogen) atoms. The number of aromatic nitrogens is 1. The molecule has 2 nitrogen and oxygen atoms in total. The summed E-state index contributed by atoms with van der Waals surface area (Å²) in [6, 6.07) is 4.72. The minimum Gasteiger partial charge on any atom is -0.299 e. The zero-order chi connectivity index (χ0) is 14.9. The number of aryl methyl sites for hydroxylation is 2. The first-order valence-electron chi connectivity index (χ1n) is 8.63. The Kier molecular flexibility index (Phi) is 3.71. The molecular weight excluding hydrogens is 268 g/mol. The summed E-state index contributed by atoms with van der Waals surface area (Å²) < 4.78 is 0. The van der Waals surface area contributed by atoms with Crippen molar-refractivity contribution in [1.82, 2.24) is 9.88 Å². The molecule has 1 aromatic carbocycles. The molecule has 114 valence electrons. The van der Waals surface area contributed by atoms with Crippen LogP contribution in [0.4, 0.5) is 0 Å². The van der Waals surface area contributed by atoms with Crippen molar-refractivity contribution >= 4 is 17.0 Å². The van der Waals surface area contributed by atoms with Crippen molar-refractivity contribution in [3.63, 3.8) is 0 Å². The van der Waals surface area contributed by atoms with Gasteiger partial charge in [0.2, 0.25) is 0 Å². The number of hydrogen-bond acceptors (Lipinski definition) is 2. The number of pyridine rings is 1. The van der Waals surface area contributed by atoms with E-state index in [9.17, 15) is 0 Å². The number of allylic oxidation sites excluding steroid dienone is 1. The van der Waals surface area contributed by atoms with Gasteiger partial charge in [0.25, 0.3) is 0 Å². The van der Waals surface area contributed by atoms with E-state index in [0.717, 1.165) is 6.54 Å². The van der Waals surface area contributed by atoms with Crippen LogP contribution in [-0.4, -0.2) is 23.0 Å². The second kappa shape index (κ2) is 5.85. The van der Waals surface area contributed by atoms with Gasteiger partial charge in [0, 0.05) is 18.1 Å². The Morgan fingerprint density at radius 3 is 2.82 bits per heavy atom. The Hall–Kier alpha value is -1.67. The molecule has 1 aliphatic carbocycles. The van der Waals surface area contributed by atoms with E-state index in [2.05, 4.69) is 42.3 Å². The molecule has 2 aromatic rings. The lowest BCUT2D eigenvalue weighted by atomic mass is 9.98. The molecule has 0 saturated carbocycles. The van der Waals surface area contributed by atoms with Gasteiger partial charge in [-0.25, -0.2) is 0 Å². The maximum atomic E-state index is 4.75. The zero-order valence-corrected chi connectivity index (χ0v) is 13.4. The number of nitrogens with zero attached hydrogens (tertiary/aromatic N) is 2. The summed E-state index contributed by atoms with van der Waals surface area (Å²) in [5.74, 6) is 0. The minimum absolute atomic E-state index is 1.06. The highest BCUT2D eigenvalue weighted by atomic mass is 15.1. The van der Waals surface area contributed by atoms with E-state index in [1.54, 1.807) is 5.56 Å². The molecule has 1 fully saturated rings. The van der Waals surface area contributed by atoms with Gasteiger partial charge in [-0.3, -0.25) is 9.88 Å². The molecule has 4 rings (SSSR count). The van der Waals surface area contributed by atoms with Crippen molar-refractivity contribution in [1.29, 1.82) is 0 Å². The van der Waals surface area contributed by atoms with E-state index in [1.165, 1.54) is 72.8 Å². The first kappa shape index (κ1) is 14.0. The lowest BCUT2D eigenvalue weighted by Crippen LogP contribution is -2.19. The number of hydrogen-bond donors (Lipinski definition) is 0.